The van der Waals surface area contributed by atoms with Gasteiger partial charge in [0.1, 0.15) is 10.8 Å². The Morgan fingerprint density at radius 1 is 1.33 bits per heavy atom. The van der Waals surface area contributed by atoms with Crippen molar-refractivity contribution in [2.75, 3.05) is 17.7 Å². The molecule has 0 atom stereocenters. The Hall–Kier alpha value is -1.56. The number of aryl methyl sites for hydroxylation is 1. The maximum atomic E-state index is 4.56. The van der Waals surface area contributed by atoms with Gasteiger partial charge in [-0.15, -0.1) is 11.8 Å². The monoisotopic (exact) mass is 263 g/mol. The van der Waals surface area contributed by atoms with E-state index in [1.807, 2.05) is 30.4 Å². The fourth-order valence-corrected chi connectivity index (χ4v) is 2.07. The van der Waals surface area contributed by atoms with Crippen LogP contribution in [-0.4, -0.2) is 32.5 Å². The van der Waals surface area contributed by atoms with E-state index < -0.39 is 0 Å². The summed E-state index contributed by atoms with van der Waals surface area (Å²) >= 11 is 1.60. The van der Waals surface area contributed by atoms with Crippen LogP contribution in [0.4, 0.5) is 5.82 Å². The van der Waals surface area contributed by atoms with Crippen molar-refractivity contribution in [3.63, 3.8) is 0 Å². The first-order valence-corrected chi connectivity index (χ1v) is 7.04. The van der Waals surface area contributed by atoms with E-state index in [0.717, 1.165) is 23.9 Å². The molecule has 18 heavy (non-hydrogen) atoms. The molecule has 0 saturated carbocycles. The van der Waals surface area contributed by atoms with Crippen LogP contribution in [0.2, 0.25) is 0 Å². The zero-order valence-corrected chi connectivity index (χ0v) is 11.7. The predicted octanol–water partition coefficient (Wildman–Crippen LogP) is 1.96. The minimum Gasteiger partial charge on any atom is -0.351 e. The van der Waals surface area contributed by atoms with E-state index in [0.29, 0.717) is 0 Å². The van der Waals surface area contributed by atoms with Crippen molar-refractivity contribution in [2.24, 2.45) is 7.05 Å². The van der Waals surface area contributed by atoms with Crippen LogP contribution in [0.15, 0.2) is 29.8 Å². The summed E-state index contributed by atoms with van der Waals surface area (Å²) in [5, 5.41) is 5.12. The lowest BCUT2D eigenvalue weighted by molar-refractivity contribution is 0.763. The normalized spacial score (nSPS) is 10.6. The highest BCUT2D eigenvalue weighted by Gasteiger charge is 2.09. The van der Waals surface area contributed by atoms with E-state index >= 15 is 0 Å². The van der Waals surface area contributed by atoms with E-state index in [1.165, 1.54) is 5.56 Å². The van der Waals surface area contributed by atoms with Crippen LogP contribution < -0.4 is 4.90 Å². The first-order chi connectivity index (χ1) is 8.72. The van der Waals surface area contributed by atoms with Crippen LogP contribution in [0.25, 0.3) is 0 Å². The molecule has 0 bridgehead atoms. The van der Waals surface area contributed by atoms with Gasteiger partial charge >= 0.3 is 0 Å². The molecule has 6 heteroatoms. The number of rotatable bonds is 5. The standard InChI is InChI=1S/C12H17N5S/c1-4-17(9-10-5-14-16(2)8-10)11-6-13-7-12(15-11)18-3/h5-8H,4,9H2,1-3H3. The highest BCUT2D eigenvalue weighted by molar-refractivity contribution is 7.98. The lowest BCUT2D eigenvalue weighted by atomic mass is 10.3. The van der Waals surface area contributed by atoms with Gasteiger partial charge in [-0.3, -0.25) is 9.67 Å². The van der Waals surface area contributed by atoms with E-state index in [9.17, 15) is 0 Å². The third-order valence-corrected chi connectivity index (χ3v) is 3.26. The van der Waals surface area contributed by atoms with Gasteiger partial charge in [-0.05, 0) is 13.2 Å². The quantitative estimate of drug-likeness (QED) is 0.772. The molecule has 5 nitrogen and oxygen atoms in total. The summed E-state index contributed by atoms with van der Waals surface area (Å²) in [5.41, 5.74) is 1.18. The zero-order valence-electron chi connectivity index (χ0n) is 10.9. The Balaban J connectivity index is 2.17. The molecule has 0 aliphatic carbocycles. The molecule has 0 radical (unpaired) electrons. The molecule has 2 aromatic heterocycles. The Bertz CT molecular complexity index is 511. The summed E-state index contributed by atoms with van der Waals surface area (Å²) in [6, 6.07) is 0. The third kappa shape index (κ3) is 3.01. The molecule has 0 aromatic carbocycles. The molecule has 0 fully saturated rings. The molecule has 0 unspecified atom stereocenters. The van der Waals surface area contributed by atoms with Crippen molar-refractivity contribution in [2.45, 2.75) is 18.5 Å². The van der Waals surface area contributed by atoms with E-state index in [2.05, 4.69) is 26.9 Å². The molecule has 2 aromatic rings. The van der Waals surface area contributed by atoms with E-state index in [1.54, 1.807) is 24.2 Å². The molecule has 0 amide bonds. The minimum atomic E-state index is 0.802. The second kappa shape index (κ2) is 5.86. The number of aromatic nitrogens is 4. The molecule has 0 aliphatic rings. The average molecular weight is 263 g/mol. The largest absolute Gasteiger partial charge is 0.351 e. The van der Waals surface area contributed by atoms with Crippen molar-refractivity contribution in [1.29, 1.82) is 0 Å². The van der Waals surface area contributed by atoms with Gasteiger partial charge in [0.05, 0.1) is 18.6 Å². The predicted molar refractivity (Wildman–Crippen MR) is 73.7 cm³/mol. The van der Waals surface area contributed by atoms with Gasteiger partial charge in [0.2, 0.25) is 0 Å². The van der Waals surface area contributed by atoms with Crippen LogP contribution in [-0.2, 0) is 13.6 Å². The van der Waals surface area contributed by atoms with Gasteiger partial charge < -0.3 is 4.90 Å². The molecule has 0 spiro atoms. The lowest BCUT2D eigenvalue weighted by Gasteiger charge is -2.21. The maximum Gasteiger partial charge on any atom is 0.148 e. The Labute approximate surface area is 111 Å². The minimum absolute atomic E-state index is 0.802. The van der Waals surface area contributed by atoms with Crippen LogP contribution in [0.1, 0.15) is 12.5 Å². The smallest absolute Gasteiger partial charge is 0.148 e. The maximum absolute atomic E-state index is 4.56. The number of anilines is 1. The molecule has 96 valence electrons. The molecular formula is C12H17N5S. The van der Waals surface area contributed by atoms with Crippen molar-refractivity contribution >= 4 is 17.6 Å². The van der Waals surface area contributed by atoms with Gasteiger partial charge in [0.15, 0.2) is 0 Å². The van der Waals surface area contributed by atoms with Gasteiger partial charge in [-0.1, -0.05) is 0 Å². The van der Waals surface area contributed by atoms with Crippen LogP contribution in [0.5, 0.6) is 0 Å². The highest BCUT2D eigenvalue weighted by atomic mass is 32.2. The van der Waals surface area contributed by atoms with E-state index in [-0.39, 0.29) is 0 Å². The van der Waals surface area contributed by atoms with Crippen molar-refractivity contribution in [3.8, 4) is 0 Å². The summed E-state index contributed by atoms with van der Waals surface area (Å²) in [7, 11) is 1.92. The summed E-state index contributed by atoms with van der Waals surface area (Å²) in [6.07, 6.45) is 9.50. The van der Waals surface area contributed by atoms with Gasteiger partial charge in [-0.25, -0.2) is 4.98 Å². The number of hydrogen-bond donors (Lipinski definition) is 0. The Kier molecular flexibility index (Phi) is 4.19. The van der Waals surface area contributed by atoms with Crippen LogP contribution in [0.3, 0.4) is 0 Å². The summed E-state index contributed by atoms with van der Waals surface area (Å²) < 4.78 is 1.81. The average Bonchev–Trinajstić information content (AvgIpc) is 2.81. The highest BCUT2D eigenvalue weighted by Crippen LogP contribution is 2.17. The number of hydrogen-bond acceptors (Lipinski definition) is 5. The lowest BCUT2D eigenvalue weighted by Crippen LogP contribution is -2.23. The molecule has 0 saturated heterocycles. The molecular weight excluding hydrogens is 246 g/mol. The van der Waals surface area contributed by atoms with Crippen LogP contribution >= 0.6 is 11.8 Å². The van der Waals surface area contributed by atoms with E-state index in [4.69, 9.17) is 0 Å². The van der Waals surface area contributed by atoms with Crippen molar-refractivity contribution in [3.05, 3.63) is 30.4 Å². The fourth-order valence-electron chi connectivity index (χ4n) is 1.72. The number of nitrogens with zero attached hydrogens (tertiary/aromatic N) is 5. The van der Waals surface area contributed by atoms with Gasteiger partial charge in [0, 0.05) is 31.9 Å². The second-order valence-electron chi connectivity index (χ2n) is 3.96. The van der Waals surface area contributed by atoms with Gasteiger partial charge in [0.25, 0.3) is 0 Å². The first kappa shape index (κ1) is 12.9. The summed E-state index contributed by atoms with van der Waals surface area (Å²) in [5.74, 6) is 0.910. The third-order valence-electron chi connectivity index (χ3n) is 2.65. The molecule has 2 rings (SSSR count). The summed E-state index contributed by atoms with van der Waals surface area (Å²) in [4.78, 5) is 11.0. The first-order valence-electron chi connectivity index (χ1n) is 5.81. The second-order valence-corrected chi connectivity index (χ2v) is 4.78. The topological polar surface area (TPSA) is 46.8 Å². The Morgan fingerprint density at radius 2 is 2.17 bits per heavy atom. The van der Waals surface area contributed by atoms with Crippen molar-refractivity contribution in [1.82, 2.24) is 19.7 Å². The molecule has 2 heterocycles. The summed E-state index contributed by atoms with van der Waals surface area (Å²) in [6.45, 7) is 3.81. The molecule has 0 N–H and O–H groups in total. The number of thioether (sulfide) groups is 1. The fraction of sp³-hybridized carbons (Fsp3) is 0.417. The molecule has 0 aliphatic heterocycles. The SMILES string of the molecule is CCN(Cc1cnn(C)c1)c1cncc(SC)n1. The van der Waals surface area contributed by atoms with Gasteiger partial charge in [-0.2, -0.15) is 5.10 Å². The van der Waals surface area contributed by atoms with Crippen LogP contribution in [0, 0.1) is 0 Å². The Morgan fingerprint density at radius 3 is 2.78 bits per heavy atom. The zero-order chi connectivity index (χ0) is 13.0. The van der Waals surface area contributed by atoms with Crippen molar-refractivity contribution < 1.29 is 0 Å².